The number of nitrogens with one attached hydrogen (secondary N) is 3. The highest BCUT2D eigenvalue weighted by Crippen LogP contribution is 2.21. The number of para-hydroxylation sites is 1. The third kappa shape index (κ3) is 6.74. The fourth-order valence-corrected chi connectivity index (χ4v) is 4.37. The lowest BCUT2D eigenvalue weighted by molar-refractivity contribution is -0.123. The van der Waals surface area contributed by atoms with Crippen LogP contribution in [0.15, 0.2) is 117 Å². The number of carbonyl (C=O) groups excluding carboxylic acids is 2. The molecule has 204 valence electrons. The van der Waals surface area contributed by atoms with Crippen molar-refractivity contribution in [3.8, 4) is 5.75 Å². The summed E-state index contributed by atoms with van der Waals surface area (Å²) in [5, 5.41) is 14.2. The van der Waals surface area contributed by atoms with Gasteiger partial charge in [-0.2, -0.15) is 10.2 Å². The standard InChI is InChI=1S/C31H24BrN5O4/c32-23-16-14-20(15-17-23)19-41-26-13-7-4-10-22(26)18-33-36-31(40)28(34-29(38)21-8-2-1-3-9-21)27-24-11-5-6-12-25(24)30(39)37-35-27/h1-18,28H,19H2,(H,34,38)(H,36,40)(H,37,39)/b33-18-/t28-/m1/s1. The summed E-state index contributed by atoms with van der Waals surface area (Å²) in [7, 11) is 0. The molecule has 0 aliphatic carbocycles. The Labute approximate surface area is 243 Å². The minimum atomic E-state index is -1.26. The van der Waals surface area contributed by atoms with Gasteiger partial charge in [-0.15, -0.1) is 0 Å². The molecule has 1 aromatic heterocycles. The molecule has 0 saturated carbocycles. The zero-order chi connectivity index (χ0) is 28.6. The third-order valence-electron chi connectivity index (χ3n) is 6.18. The van der Waals surface area contributed by atoms with Crippen LogP contribution < -0.4 is 21.0 Å². The van der Waals surface area contributed by atoms with E-state index in [0.29, 0.717) is 34.3 Å². The van der Waals surface area contributed by atoms with Crippen LogP contribution in [-0.4, -0.2) is 28.2 Å². The normalized spacial score (nSPS) is 11.7. The lowest BCUT2D eigenvalue weighted by atomic mass is 10.0. The number of halogens is 1. The smallest absolute Gasteiger partial charge is 0.272 e. The van der Waals surface area contributed by atoms with Crippen LogP contribution in [0.4, 0.5) is 0 Å². The summed E-state index contributed by atoms with van der Waals surface area (Å²) in [5.41, 5.74) is 4.26. The number of fused-ring (bicyclic) bond motifs is 1. The number of aromatic amines is 1. The van der Waals surface area contributed by atoms with E-state index in [1.807, 2.05) is 36.4 Å². The number of carbonyl (C=O) groups is 2. The molecule has 5 aromatic rings. The number of hydrazone groups is 1. The van der Waals surface area contributed by atoms with Crippen molar-refractivity contribution in [3.63, 3.8) is 0 Å². The average molecular weight is 610 g/mol. The van der Waals surface area contributed by atoms with Crippen LogP contribution in [-0.2, 0) is 11.4 Å². The van der Waals surface area contributed by atoms with Crippen molar-refractivity contribution in [2.45, 2.75) is 12.6 Å². The molecule has 0 aliphatic heterocycles. The predicted molar refractivity (Wildman–Crippen MR) is 160 cm³/mol. The summed E-state index contributed by atoms with van der Waals surface area (Å²) in [6, 6.07) is 29.0. The topological polar surface area (TPSA) is 126 Å². The van der Waals surface area contributed by atoms with Crippen molar-refractivity contribution < 1.29 is 14.3 Å². The highest BCUT2D eigenvalue weighted by atomic mass is 79.9. The molecule has 0 saturated heterocycles. The number of rotatable bonds is 9. The van der Waals surface area contributed by atoms with Crippen molar-refractivity contribution in [1.82, 2.24) is 20.9 Å². The highest BCUT2D eigenvalue weighted by molar-refractivity contribution is 9.10. The zero-order valence-corrected chi connectivity index (χ0v) is 23.2. The van der Waals surface area contributed by atoms with Gasteiger partial charge in [0.1, 0.15) is 18.1 Å². The Kier molecular flexibility index (Phi) is 8.61. The number of H-pyrrole nitrogens is 1. The molecular weight excluding hydrogens is 586 g/mol. The molecule has 0 radical (unpaired) electrons. The maximum absolute atomic E-state index is 13.4. The number of nitrogens with zero attached hydrogens (tertiary/aromatic N) is 2. The van der Waals surface area contributed by atoms with Gasteiger partial charge in [0.25, 0.3) is 17.4 Å². The van der Waals surface area contributed by atoms with Gasteiger partial charge >= 0.3 is 0 Å². The Morgan fingerprint density at radius 1 is 0.902 bits per heavy atom. The molecular formula is C31H24BrN5O4. The van der Waals surface area contributed by atoms with Gasteiger partial charge < -0.3 is 10.1 Å². The molecule has 0 bridgehead atoms. The largest absolute Gasteiger partial charge is 0.488 e. The Morgan fingerprint density at radius 2 is 1.59 bits per heavy atom. The number of benzene rings is 4. The first-order valence-electron chi connectivity index (χ1n) is 12.6. The number of ether oxygens (including phenoxy) is 1. The van der Waals surface area contributed by atoms with Crippen LogP contribution in [0.25, 0.3) is 10.8 Å². The summed E-state index contributed by atoms with van der Waals surface area (Å²) < 4.78 is 6.96. The van der Waals surface area contributed by atoms with Gasteiger partial charge in [0, 0.05) is 21.0 Å². The fraction of sp³-hybridized carbons (Fsp3) is 0.0645. The third-order valence-corrected chi connectivity index (χ3v) is 6.71. The van der Waals surface area contributed by atoms with Crippen LogP contribution in [0.2, 0.25) is 0 Å². The van der Waals surface area contributed by atoms with Crippen LogP contribution in [0.3, 0.4) is 0 Å². The molecule has 0 spiro atoms. The molecule has 2 amide bonds. The van der Waals surface area contributed by atoms with Crippen LogP contribution in [0.1, 0.15) is 33.2 Å². The van der Waals surface area contributed by atoms with E-state index in [2.05, 4.69) is 42.0 Å². The van der Waals surface area contributed by atoms with Gasteiger partial charge in [-0.1, -0.05) is 76.6 Å². The van der Waals surface area contributed by atoms with Gasteiger partial charge in [-0.05, 0) is 48.0 Å². The Morgan fingerprint density at radius 3 is 2.37 bits per heavy atom. The first kappa shape index (κ1) is 27.5. The van der Waals surface area contributed by atoms with E-state index in [1.165, 1.54) is 6.21 Å². The van der Waals surface area contributed by atoms with Gasteiger partial charge in [0.2, 0.25) is 0 Å². The Bertz CT molecular complexity index is 1770. The van der Waals surface area contributed by atoms with Crippen molar-refractivity contribution in [1.29, 1.82) is 0 Å². The molecule has 0 unspecified atom stereocenters. The summed E-state index contributed by atoms with van der Waals surface area (Å²) in [6.07, 6.45) is 1.46. The second-order valence-electron chi connectivity index (χ2n) is 8.94. The van der Waals surface area contributed by atoms with Crippen molar-refractivity contribution in [2.75, 3.05) is 0 Å². The molecule has 9 nitrogen and oxygen atoms in total. The highest BCUT2D eigenvalue weighted by Gasteiger charge is 2.27. The zero-order valence-electron chi connectivity index (χ0n) is 21.6. The summed E-state index contributed by atoms with van der Waals surface area (Å²) in [5.74, 6) is -0.558. The predicted octanol–water partition coefficient (Wildman–Crippen LogP) is 4.89. The average Bonchev–Trinajstić information content (AvgIpc) is 3.01. The van der Waals surface area contributed by atoms with Crippen molar-refractivity contribution in [2.24, 2.45) is 5.10 Å². The van der Waals surface area contributed by atoms with Gasteiger partial charge in [0.15, 0.2) is 6.04 Å². The molecule has 1 heterocycles. The fourth-order valence-electron chi connectivity index (χ4n) is 4.11. The second kappa shape index (κ2) is 12.8. The van der Waals surface area contributed by atoms with Gasteiger partial charge in [-0.3, -0.25) is 14.4 Å². The molecule has 1 atom stereocenters. The molecule has 41 heavy (non-hydrogen) atoms. The van der Waals surface area contributed by atoms with E-state index >= 15 is 0 Å². The Balaban J connectivity index is 1.38. The van der Waals surface area contributed by atoms with Crippen LogP contribution in [0.5, 0.6) is 5.75 Å². The maximum Gasteiger partial charge on any atom is 0.272 e. The maximum atomic E-state index is 13.4. The molecule has 0 fully saturated rings. The summed E-state index contributed by atoms with van der Waals surface area (Å²) >= 11 is 3.42. The lowest BCUT2D eigenvalue weighted by Crippen LogP contribution is -2.40. The second-order valence-corrected chi connectivity index (χ2v) is 9.86. The summed E-state index contributed by atoms with van der Waals surface area (Å²) in [4.78, 5) is 38.8. The SMILES string of the molecule is O=C(N[C@@H](C(=O)N/N=C\c1ccccc1OCc1ccc(Br)cc1)c1n[nH]c(=O)c2ccccc12)c1ccccc1. The first-order chi connectivity index (χ1) is 20.0. The van der Waals surface area contributed by atoms with E-state index < -0.39 is 23.4 Å². The number of hydrogen-bond acceptors (Lipinski definition) is 6. The van der Waals surface area contributed by atoms with Crippen LogP contribution >= 0.6 is 15.9 Å². The molecule has 10 heteroatoms. The van der Waals surface area contributed by atoms with Gasteiger partial charge in [0.05, 0.1) is 11.6 Å². The molecule has 4 aromatic carbocycles. The molecule has 3 N–H and O–H groups in total. The van der Waals surface area contributed by atoms with E-state index in [4.69, 9.17) is 4.74 Å². The van der Waals surface area contributed by atoms with E-state index in [9.17, 15) is 14.4 Å². The van der Waals surface area contributed by atoms with Gasteiger partial charge in [-0.25, -0.2) is 10.5 Å². The van der Waals surface area contributed by atoms with Crippen molar-refractivity contribution in [3.05, 3.63) is 140 Å². The van der Waals surface area contributed by atoms with E-state index in [0.717, 1.165) is 10.0 Å². The molecule has 0 aliphatic rings. The first-order valence-corrected chi connectivity index (χ1v) is 13.4. The van der Waals surface area contributed by atoms with E-state index in [-0.39, 0.29) is 5.69 Å². The monoisotopic (exact) mass is 609 g/mol. The number of amides is 2. The van der Waals surface area contributed by atoms with Crippen molar-refractivity contribution >= 4 is 44.7 Å². The summed E-state index contributed by atoms with van der Waals surface area (Å²) in [6.45, 7) is 0.350. The minimum absolute atomic E-state index is 0.176. The molecule has 5 rings (SSSR count). The number of aromatic nitrogens is 2. The lowest BCUT2D eigenvalue weighted by Gasteiger charge is -2.18. The van der Waals surface area contributed by atoms with Crippen LogP contribution in [0, 0.1) is 0 Å². The Hall–Kier alpha value is -5.09. The van der Waals surface area contributed by atoms with E-state index in [1.54, 1.807) is 66.7 Å². The quantitative estimate of drug-likeness (QED) is 0.162. The minimum Gasteiger partial charge on any atom is -0.488 e. The number of hydrogen-bond donors (Lipinski definition) is 3.